The van der Waals surface area contributed by atoms with Crippen LogP contribution in [0.15, 0.2) is 28.7 Å². The van der Waals surface area contributed by atoms with Crippen LogP contribution in [0.5, 0.6) is 0 Å². The molecule has 17 heavy (non-hydrogen) atoms. The highest BCUT2D eigenvalue weighted by atomic mass is 79.9. The number of likely N-dealkylation sites (N-methyl/N-ethyl adjacent to an activating group) is 1. The molecule has 0 spiro atoms. The van der Waals surface area contributed by atoms with Gasteiger partial charge in [0.15, 0.2) is 0 Å². The molecule has 0 aliphatic heterocycles. The standard InChI is InChI=1S/C12H17BrN2O2/c1-2-15(7-8-16)9-12(17)14-11-5-3-10(13)4-6-11/h3-6,16H,2,7-9H2,1H3,(H,14,17). The summed E-state index contributed by atoms with van der Waals surface area (Å²) in [6, 6.07) is 7.43. The number of benzene rings is 1. The van der Waals surface area contributed by atoms with Gasteiger partial charge in [-0.25, -0.2) is 0 Å². The average molecular weight is 301 g/mol. The first kappa shape index (κ1) is 14.2. The second-order valence-electron chi connectivity index (χ2n) is 3.65. The molecule has 2 N–H and O–H groups in total. The molecule has 0 bridgehead atoms. The van der Waals surface area contributed by atoms with Crippen molar-refractivity contribution in [2.75, 3.05) is 31.6 Å². The fourth-order valence-electron chi connectivity index (χ4n) is 1.43. The van der Waals surface area contributed by atoms with Crippen LogP contribution in [-0.2, 0) is 4.79 Å². The second kappa shape index (κ2) is 7.42. The Balaban J connectivity index is 2.46. The van der Waals surface area contributed by atoms with Crippen LogP contribution in [0.3, 0.4) is 0 Å². The van der Waals surface area contributed by atoms with Crippen molar-refractivity contribution in [3.05, 3.63) is 28.7 Å². The molecule has 0 fully saturated rings. The van der Waals surface area contributed by atoms with Gasteiger partial charge in [0.05, 0.1) is 13.2 Å². The van der Waals surface area contributed by atoms with Crippen molar-refractivity contribution >= 4 is 27.5 Å². The predicted octanol–water partition coefficient (Wildman–Crippen LogP) is 1.70. The number of nitrogens with zero attached hydrogens (tertiary/aromatic N) is 1. The van der Waals surface area contributed by atoms with Gasteiger partial charge in [0.25, 0.3) is 0 Å². The van der Waals surface area contributed by atoms with Gasteiger partial charge in [0.2, 0.25) is 5.91 Å². The third-order valence-electron chi connectivity index (χ3n) is 2.36. The smallest absolute Gasteiger partial charge is 0.238 e. The van der Waals surface area contributed by atoms with Gasteiger partial charge in [-0.2, -0.15) is 0 Å². The largest absolute Gasteiger partial charge is 0.395 e. The first-order valence-corrected chi connectivity index (χ1v) is 6.33. The summed E-state index contributed by atoms with van der Waals surface area (Å²) in [5.41, 5.74) is 0.776. The number of rotatable bonds is 6. The molecule has 1 aromatic rings. The zero-order valence-corrected chi connectivity index (χ0v) is 11.4. The van der Waals surface area contributed by atoms with Crippen molar-refractivity contribution in [2.45, 2.75) is 6.92 Å². The van der Waals surface area contributed by atoms with E-state index in [1.807, 2.05) is 36.1 Å². The van der Waals surface area contributed by atoms with E-state index in [-0.39, 0.29) is 12.5 Å². The monoisotopic (exact) mass is 300 g/mol. The number of hydrogen-bond donors (Lipinski definition) is 2. The van der Waals surface area contributed by atoms with Crippen LogP contribution in [0.25, 0.3) is 0 Å². The van der Waals surface area contributed by atoms with Gasteiger partial charge in [-0.05, 0) is 30.8 Å². The normalized spacial score (nSPS) is 10.6. The van der Waals surface area contributed by atoms with Crippen molar-refractivity contribution in [3.8, 4) is 0 Å². The first-order chi connectivity index (χ1) is 8.15. The molecule has 0 heterocycles. The summed E-state index contributed by atoms with van der Waals surface area (Å²) in [6.45, 7) is 3.59. The molecular weight excluding hydrogens is 284 g/mol. The summed E-state index contributed by atoms with van der Waals surface area (Å²) in [5, 5.41) is 11.6. The molecule has 0 saturated carbocycles. The molecule has 0 aromatic heterocycles. The number of nitrogens with one attached hydrogen (secondary N) is 1. The molecule has 1 rings (SSSR count). The second-order valence-corrected chi connectivity index (χ2v) is 4.56. The molecule has 4 nitrogen and oxygen atoms in total. The van der Waals surface area contributed by atoms with Gasteiger partial charge in [0, 0.05) is 16.7 Å². The number of carbonyl (C=O) groups excluding carboxylic acids is 1. The average Bonchev–Trinajstić information content (AvgIpc) is 2.31. The Kier molecular flexibility index (Phi) is 6.18. The van der Waals surface area contributed by atoms with E-state index in [4.69, 9.17) is 5.11 Å². The molecule has 0 aliphatic rings. The van der Waals surface area contributed by atoms with Gasteiger partial charge in [-0.3, -0.25) is 9.69 Å². The first-order valence-electron chi connectivity index (χ1n) is 5.54. The van der Waals surface area contributed by atoms with Gasteiger partial charge in [-0.15, -0.1) is 0 Å². The zero-order chi connectivity index (χ0) is 12.7. The molecule has 0 atom stereocenters. The lowest BCUT2D eigenvalue weighted by atomic mass is 10.3. The summed E-state index contributed by atoms with van der Waals surface area (Å²) in [4.78, 5) is 13.6. The molecule has 0 unspecified atom stereocenters. The molecule has 1 amide bonds. The van der Waals surface area contributed by atoms with Crippen molar-refractivity contribution in [3.63, 3.8) is 0 Å². The van der Waals surface area contributed by atoms with Crippen molar-refractivity contribution in [2.24, 2.45) is 0 Å². The van der Waals surface area contributed by atoms with Crippen LogP contribution in [0.4, 0.5) is 5.69 Å². The number of aliphatic hydroxyl groups excluding tert-OH is 1. The van der Waals surface area contributed by atoms with Crippen LogP contribution < -0.4 is 5.32 Å². The van der Waals surface area contributed by atoms with Crippen LogP contribution in [0.2, 0.25) is 0 Å². The number of amides is 1. The van der Waals surface area contributed by atoms with E-state index in [2.05, 4.69) is 21.2 Å². The summed E-state index contributed by atoms with van der Waals surface area (Å²) < 4.78 is 0.978. The van der Waals surface area contributed by atoms with Crippen molar-refractivity contribution in [1.82, 2.24) is 4.90 Å². The fourth-order valence-corrected chi connectivity index (χ4v) is 1.69. The Morgan fingerprint density at radius 1 is 1.41 bits per heavy atom. The number of carbonyl (C=O) groups is 1. The van der Waals surface area contributed by atoms with E-state index in [0.29, 0.717) is 13.1 Å². The highest BCUT2D eigenvalue weighted by molar-refractivity contribution is 9.10. The summed E-state index contributed by atoms with van der Waals surface area (Å²) in [6.07, 6.45) is 0. The molecular formula is C12H17BrN2O2. The van der Waals surface area contributed by atoms with Crippen molar-refractivity contribution in [1.29, 1.82) is 0 Å². The predicted molar refractivity (Wildman–Crippen MR) is 72.0 cm³/mol. The SMILES string of the molecule is CCN(CCO)CC(=O)Nc1ccc(Br)cc1. The minimum atomic E-state index is -0.0670. The number of halogens is 1. The highest BCUT2D eigenvalue weighted by Gasteiger charge is 2.08. The van der Waals surface area contributed by atoms with Gasteiger partial charge in [-0.1, -0.05) is 22.9 Å². The highest BCUT2D eigenvalue weighted by Crippen LogP contribution is 2.13. The van der Waals surface area contributed by atoms with Crippen LogP contribution in [0, 0.1) is 0 Å². The molecule has 1 aromatic carbocycles. The maximum Gasteiger partial charge on any atom is 0.238 e. The van der Waals surface area contributed by atoms with Crippen LogP contribution >= 0.6 is 15.9 Å². The third kappa shape index (κ3) is 5.30. The number of aliphatic hydroxyl groups is 1. The van der Waals surface area contributed by atoms with E-state index in [9.17, 15) is 4.79 Å². The summed E-state index contributed by atoms with van der Waals surface area (Å²) >= 11 is 3.33. The topological polar surface area (TPSA) is 52.6 Å². The summed E-state index contributed by atoms with van der Waals surface area (Å²) in [7, 11) is 0. The maximum atomic E-state index is 11.7. The molecule has 5 heteroatoms. The minimum Gasteiger partial charge on any atom is -0.395 e. The Bertz CT molecular complexity index is 354. The van der Waals surface area contributed by atoms with Crippen LogP contribution in [0.1, 0.15) is 6.92 Å². The lowest BCUT2D eigenvalue weighted by molar-refractivity contribution is -0.117. The van der Waals surface area contributed by atoms with E-state index in [1.54, 1.807) is 0 Å². The molecule has 0 saturated heterocycles. The quantitative estimate of drug-likeness (QED) is 0.841. The molecule has 0 radical (unpaired) electrons. The Morgan fingerprint density at radius 2 is 2.06 bits per heavy atom. The van der Waals surface area contributed by atoms with Gasteiger partial charge < -0.3 is 10.4 Å². The molecule has 0 aliphatic carbocycles. The van der Waals surface area contributed by atoms with Gasteiger partial charge in [0.1, 0.15) is 0 Å². The minimum absolute atomic E-state index is 0.0670. The maximum absolute atomic E-state index is 11.7. The third-order valence-corrected chi connectivity index (χ3v) is 2.89. The molecule has 94 valence electrons. The fraction of sp³-hybridized carbons (Fsp3) is 0.417. The van der Waals surface area contributed by atoms with Gasteiger partial charge >= 0.3 is 0 Å². The Morgan fingerprint density at radius 3 is 2.59 bits per heavy atom. The number of anilines is 1. The van der Waals surface area contributed by atoms with Crippen LogP contribution in [-0.4, -0.2) is 42.2 Å². The van der Waals surface area contributed by atoms with E-state index in [0.717, 1.165) is 16.7 Å². The number of hydrogen-bond acceptors (Lipinski definition) is 3. The zero-order valence-electron chi connectivity index (χ0n) is 9.82. The lowest BCUT2D eigenvalue weighted by Crippen LogP contribution is -2.35. The van der Waals surface area contributed by atoms with E-state index in [1.165, 1.54) is 0 Å². The summed E-state index contributed by atoms with van der Waals surface area (Å²) in [5.74, 6) is -0.0670. The van der Waals surface area contributed by atoms with Crippen molar-refractivity contribution < 1.29 is 9.90 Å². The van der Waals surface area contributed by atoms with E-state index >= 15 is 0 Å². The lowest BCUT2D eigenvalue weighted by Gasteiger charge is -2.18. The van der Waals surface area contributed by atoms with E-state index < -0.39 is 0 Å². The Labute approximate surface area is 110 Å². The Hall–Kier alpha value is -0.910.